The zero-order chi connectivity index (χ0) is 91.2. The van der Waals surface area contributed by atoms with E-state index >= 15 is 24.0 Å². The van der Waals surface area contributed by atoms with Gasteiger partial charge in [0.1, 0.15) is 95.5 Å². The number of nitriles is 1. The number of nitrogens with two attached hydrogens (primary N) is 1. The van der Waals surface area contributed by atoms with Crippen LogP contribution >= 0.6 is 46.4 Å². The van der Waals surface area contributed by atoms with Crippen LogP contribution in [0.15, 0.2) is 116 Å². The van der Waals surface area contributed by atoms with Crippen molar-refractivity contribution < 1.29 is 127 Å². The molecule has 0 unspecified atom stereocenters. The SMILES string of the molecule is CN[C@H](CC(C)C)C(=O)N[C@H]1C(=O)N[C@@H](CC(N)=O)C(=O)N[C@H]2C(=O)N[C@H]3C(=O)N[C@H](C(=O)N[C@@H](C(=O)NOCC(=O)NC#N)c4cc(O)cc(O)c4-c4cc3ccc4O)[C@H](O)c3ccc(c(Cl)c3)Oc3cc2cc(c3O[C@@H]2O[C@H](CO)[C@@H](O)[C@H](O)[C@H]2O[C@H]2C[C@](C)(NCc3cncc(NC(=O)c4cc(Cl)cc(Cl)c4)c3)[C@H](O)[C@H](C)O2)Oc2ccc(cc2Cl)[C@H]1O. The standard InChI is InChI=1S/C82H86Cl4N14O26/c1-32(2)12-48(89-5)74(113)98-64-66(107)36-7-10-52(46(85)17-36)122-54-19-38-20-55(70(54)126-81-71(69(110)68(109)56(29-101)124-81)125-59-25-82(4,72(111)33(3)121-59)92-27-34-13-42(28-90-26-34)93-73(112)39-14-40(83)21-41(84)15-39)123-53-11-8-37(18-47(53)86)67(108)65-79(118)97-63(80(119)100-120-30-58(106)91-31-87)45-22-43(102)23-51(104)60(45)44-16-35(6-9-50(44)103)61(76(115)99-65)96-77(116)62(38)95-75(114)49(24-57(88)105)94-78(64)117/h6-11,13-23,26,28,32-33,48-49,56,59,61-69,71-72,81,89,92,101-104,107-111H,12,24-25,27,29-30H2,1-5H3,(H2,88,105)(H,91,106)(H,93,112)(H,94,117)(H,95,114)(H,96,116)(H,97,118)(H,98,113)(H,99,115)(H,100,119)/t33-,48+,49-,56+,59-,61+,62+,63+,64+,65-,66+,67+,68+,69-,71+,72+,81-,82-/m0/s1. The Bertz CT molecular complexity index is 5420. The molecule has 2 saturated heterocycles. The van der Waals surface area contributed by atoms with Crippen LogP contribution in [0.2, 0.25) is 20.1 Å². The summed E-state index contributed by atoms with van der Waals surface area (Å²) in [5, 5.41) is 141. The van der Waals surface area contributed by atoms with Crippen LogP contribution in [0.3, 0.4) is 0 Å². The van der Waals surface area contributed by atoms with E-state index < -0.39 is 272 Å². The summed E-state index contributed by atoms with van der Waals surface area (Å²) in [6, 6.07) is 4.54. The van der Waals surface area contributed by atoms with Crippen molar-refractivity contribution in [1.29, 1.82) is 5.26 Å². The number of carbonyl (C=O) groups is 10. The first-order chi connectivity index (χ1) is 59.8. The monoisotopic (exact) mass is 1820 g/mol. The molecule has 40 nitrogen and oxygen atoms in total. The van der Waals surface area contributed by atoms with E-state index in [1.807, 2.05) is 5.48 Å². The second-order valence-electron chi connectivity index (χ2n) is 30.8. The predicted molar refractivity (Wildman–Crippen MR) is 441 cm³/mol. The molecule has 22 N–H and O–H groups in total. The first-order valence-corrected chi connectivity index (χ1v) is 40.3. The van der Waals surface area contributed by atoms with Gasteiger partial charge in [0, 0.05) is 57.5 Å². The van der Waals surface area contributed by atoms with E-state index in [0.717, 1.165) is 66.7 Å². The lowest BCUT2D eigenvalue weighted by Gasteiger charge is -2.48. The van der Waals surface area contributed by atoms with Gasteiger partial charge in [-0.3, -0.25) is 63.1 Å². The largest absolute Gasteiger partial charge is 0.508 e. The van der Waals surface area contributed by atoms with Gasteiger partial charge in [0.05, 0.1) is 53.2 Å². The van der Waals surface area contributed by atoms with Crippen molar-refractivity contribution in [3.8, 4) is 63.3 Å². The number of nitrogens with one attached hydrogen (secondary N) is 11. The van der Waals surface area contributed by atoms with E-state index in [1.165, 1.54) is 62.9 Å². The fraction of sp³-hybridized carbons (Fsp3) is 0.366. The van der Waals surface area contributed by atoms with Gasteiger partial charge in [-0.2, -0.15) is 5.26 Å². The van der Waals surface area contributed by atoms with Crippen molar-refractivity contribution in [3.63, 3.8) is 0 Å². The molecular weight excluding hydrogens is 1740 g/mol. The van der Waals surface area contributed by atoms with Gasteiger partial charge in [0.2, 0.25) is 53.4 Å². The Morgan fingerprint density at radius 1 is 0.714 bits per heavy atom. The molecule has 1 aromatic heterocycles. The van der Waals surface area contributed by atoms with Crippen molar-refractivity contribution in [2.45, 2.75) is 163 Å². The highest BCUT2D eigenvalue weighted by Gasteiger charge is 2.52. The van der Waals surface area contributed by atoms with Gasteiger partial charge in [-0.1, -0.05) is 78.5 Å². The molecular formula is C82H86Cl4N14O26. The molecule has 668 valence electrons. The number of hydrogen-bond donors (Lipinski definition) is 21. The van der Waals surface area contributed by atoms with Crippen LogP contribution in [-0.2, 0) is 68.7 Å². The normalized spacial score (nSPS) is 25.7. The van der Waals surface area contributed by atoms with Gasteiger partial charge < -0.3 is 128 Å². The molecule has 7 aromatic rings. The number of aromatic hydroxyl groups is 3. The maximum atomic E-state index is 16.4. The number of aromatic nitrogens is 1. The summed E-state index contributed by atoms with van der Waals surface area (Å²) in [4.78, 5) is 155. The topological polar surface area (TPSA) is 612 Å². The van der Waals surface area contributed by atoms with Crippen LogP contribution in [0.5, 0.6) is 46.0 Å². The Labute approximate surface area is 735 Å². The van der Waals surface area contributed by atoms with E-state index in [1.54, 1.807) is 32.2 Å². The molecule has 7 aliphatic rings. The number of anilines is 1. The van der Waals surface area contributed by atoms with E-state index in [-0.39, 0.29) is 57.7 Å². The summed E-state index contributed by atoms with van der Waals surface area (Å²) in [6.45, 7) is 4.65. The fourth-order valence-corrected chi connectivity index (χ4v) is 15.8. The maximum Gasteiger partial charge on any atom is 0.270 e. The number of aliphatic hydroxyl groups excluding tert-OH is 6. The third-order valence-electron chi connectivity index (χ3n) is 21.2. The summed E-state index contributed by atoms with van der Waals surface area (Å²) in [7, 11) is 1.46. The van der Waals surface area contributed by atoms with Crippen LogP contribution in [-0.4, -0.2) is 209 Å². The molecule has 11 bridgehead atoms. The highest BCUT2D eigenvalue weighted by molar-refractivity contribution is 6.35. The minimum Gasteiger partial charge on any atom is -0.508 e. The molecule has 10 amide bonds. The third kappa shape index (κ3) is 21.3. The number of nitrogens with zero attached hydrogens (tertiary/aromatic N) is 2. The molecule has 0 aliphatic carbocycles. The van der Waals surface area contributed by atoms with E-state index in [9.17, 15) is 69.9 Å². The summed E-state index contributed by atoms with van der Waals surface area (Å²) in [5.74, 6) is -18.0. The lowest BCUT2D eigenvalue weighted by atomic mass is 9.84. The molecule has 0 spiro atoms. The summed E-state index contributed by atoms with van der Waals surface area (Å²) < 4.78 is 39.5. The number of likely N-dealkylation sites (N-methyl/N-ethyl adjacent to an activating group) is 1. The second kappa shape index (κ2) is 39.8. The summed E-state index contributed by atoms with van der Waals surface area (Å²) >= 11 is 26.7. The number of ether oxygens (including phenoxy) is 6. The molecule has 6 aromatic carbocycles. The number of rotatable bonds is 21. The zero-order valence-corrected chi connectivity index (χ0v) is 70.1. The van der Waals surface area contributed by atoms with E-state index in [4.69, 9.17) is 90.7 Å². The summed E-state index contributed by atoms with van der Waals surface area (Å²) in [5.41, 5.74) is 4.08. The van der Waals surface area contributed by atoms with Crippen LogP contribution < -0.4 is 78.6 Å². The third-order valence-corrected chi connectivity index (χ3v) is 22.2. The van der Waals surface area contributed by atoms with E-state index in [2.05, 4.69) is 52.8 Å². The number of primary amides is 1. The van der Waals surface area contributed by atoms with Crippen molar-refractivity contribution in [2.24, 2.45) is 11.7 Å². The predicted octanol–water partition coefficient (Wildman–Crippen LogP) is 2.45. The molecule has 14 rings (SSSR count). The first kappa shape index (κ1) is 93.3. The Balaban J connectivity index is 1.03. The van der Waals surface area contributed by atoms with Crippen LogP contribution in [0.25, 0.3) is 11.1 Å². The van der Waals surface area contributed by atoms with E-state index in [0.29, 0.717) is 5.56 Å². The average Bonchev–Trinajstić information content (AvgIpc) is 0.765. The zero-order valence-electron chi connectivity index (χ0n) is 67.1. The number of hydrogen-bond acceptors (Lipinski definition) is 30. The number of amides is 10. The Kier molecular flexibility index (Phi) is 29.4. The van der Waals surface area contributed by atoms with Gasteiger partial charge in [0.25, 0.3) is 17.7 Å². The number of carbonyl (C=O) groups excluding carboxylic acids is 10. The number of hydroxylamine groups is 1. The highest BCUT2D eigenvalue weighted by atomic mass is 35.5. The molecule has 0 saturated carbocycles. The number of benzene rings is 6. The van der Waals surface area contributed by atoms with Gasteiger partial charge in [-0.05, 0) is 145 Å². The van der Waals surface area contributed by atoms with Gasteiger partial charge in [-0.15, -0.1) is 0 Å². The quantitative estimate of drug-likeness (QED) is 0.0279. The molecule has 126 heavy (non-hydrogen) atoms. The van der Waals surface area contributed by atoms with Crippen molar-refractivity contribution in [3.05, 3.63) is 175 Å². The summed E-state index contributed by atoms with van der Waals surface area (Å²) in [6.07, 6.45) is -15.4. The average molecular weight is 1830 g/mol. The van der Waals surface area contributed by atoms with Gasteiger partial charge >= 0.3 is 0 Å². The fourth-order valence-electron chi connectivity index (χ4n) is 14.8. The van der Waals surface area contributed by atoms with Gasteiger partial charge in [-0.25, -0.2) is 5.48 Å². The molecule has 7 aliphatic heterocycles. The molecule has 2 fully saturated rings. The highest BCUT2D eigenvalue weighted by Crippen LogP contribution is 2.50. The number of phenolic OH excluding ortho intramolecular Hbond substituents is 3. The minimum atomic E-state index is -2.42. The van der Waals surface area contributed by atoms with Crippen LogP contribution in [0.1, 0.15) is 121 Å². The van der Waals surface area contributed by atoms with Gasteiger partial charge in [0.15, 0.2) is 36.7 Å². The van der Waals surface area contributed by atoms with Crippen LogP contribution in [0.4, 0.5) is 5.69 Å². The lowest BCUT2D eigenvalue weighted by Crippen LogP contribution is -2.65. The Morgan fingerprint density at radius 2 is 1.36 bits per heavy atom. The number of pyridine rings is 1. The smallest absolute Gasteiger partial charge is 0.270 e. The lowest BCUT2D eigenvalue weighted by molar-refractivity contribution is -0.334. The molecule has 44 heteroatoms. The second-order valence-corrected chi connectivity index (χ2v) is 32.4. The molecule has 0 radical (unpaired) electrons. The minimum absolute atomic E-state index is 0.0317. The molecule has 18 atom stereocenters. The molecule has 8 heterocycles. The van der Waals surface area contributed by atoms with Crippen molar-refractivity contribution in [2.75, 3.05) is 25.6 Å². The van der Waals surface area contributed by atoms with Crippen LogP contribution in [0, 0.1) is 17.4 Å². The maximum absolute atomic E-state index is 16.4. The first-order valence-electron chi connectivity index (χ1n) is 38.8. The number of phenols is 3. The van der Waals surface area contributed by atoms with Crippen molar-refractivity contribution in [1.82, 2.24) is 58.3 Å². The number of fused-ring (bicyclic) bond motifs is 15. The van der Waals surface area contributed by atoms with Crippen molar-refractivity contribution >= 4 is 111 Å². The Morgan fingerprint density at radius 3 is 1.99 bits per heavy atom. The Hall–Kier alpha value is -11.9. The number of aliphatic hydroxyl groups is 6. The number of halogens is 4.